The number of para-hydroxylation sites is 2. The molecule has 0 aliphatic heterocycles. The minimum Gasteiger partial charge on any atom is -0.493 e. The fraction of sp³-hybridized carbons (Fsp3) is 0.0476. The van der Waals surface area contributed by atoms with Crippen LogP contribution in [0.3, 0.4) is 0 Å². The first-order valence-electron chi connectivity index (χ1n) is 8.61. The molecule has 0 aliphatic rings. The summed E-state index contributed by atoms with van der Waals surface area (Å²) in [4.78, 5) is 32.9. The van der Waals surface area contributed by atoms with Crippen molar-refractivity contribution in [2.24, 2.45) is 0 Å². The second-order valence-corrected chi connectivity index (χ2v) is 5.95. The third-order valence-corrected chi connectivity index (χ3v) is 4.03. The van der Waals surface area contributed by atoms with Crippen molar-refractivity contribution in [2.75, 3.05) is 12.4 Å². The molecule has 0 saturated heterocycles. The van der Waals surface area contributed by atoms with Gasteiger partial charge in [0.05, 0.1) is 25.2 Å². The summed E-state index contributed by atoms with van der Waals surface area (Å²) in [7, 11) is 1.47. The molecule has 1 N–H and O–H groups in total. The number of hydrogen-bond donors (Lipinski definition) is 1. The highest BCUT2D eigenvalue weighted by atomic mass is 16.5. The summed E-state index contributed by atoms with van der Waals surface area (Å²) in [5.41, 5.74) is -0.331. The number of benzene rings is 2. The quantitative estimate of drug-likeness (QED) is 0.520. The Morgan fingerprint density at radius 2 is 1.79 bits per heavy atom. The lowest BCUT2D eigenvalue weighted by Crippen LogP contribution is -2.20. The largest absolute Gasteiger partial charge is 0.493 e. The van der Waals surface area contributed by atoms with E-state index in [0.29, 0.717) is 22.6 Å². The van der Waals surface area contributed by atoms with Gasteiger partial charge in [0.25, 0.3) is 5.91 Å². The number of carbonyl (C=O) groups is 1. The summed E-state index contributed by atoms with van der Waals surface area (Å²) in [6.45, 7) is 0. The van der Waals surface area contributed by atoms with Crippen molar-refractivity contribution >= 4 is 22.6 Å². The fourth-order valence-corrected chi connectivity index (χ4v) is 2.66. The molecule has 0 unspecified atom stereocenters. The van der Waals surface area contributed by atoms with Crippen molar-refractivity contribution in [3.63, 3.8) is 0 Å². The third kappa shape index (κ3) is 3.91. The van der Waals surface area contributed by atoms with Gasteiger partial charge < -0.3 is 19.2 Å². The summed E-state index contributed by atoms with van der Waals surface area (Å²) in [6.07, 6.45) is 2.77. The van der Waals surface area contributed by atoms with E-state index < -0.39 is 11.5 Å². The standard InChI is InChI=1S/C21H15N3O5/c1-27-17-9-5-6-13-10-16(20(26)29-18(13)17)19(25)24-14-11-22-21(23-12-14)28-15-7-3-2-4-8-15/h2-12H,1H3,(H,24,25). The molecular weight excluding hydrogens is 374 g/mol. The van der Waals surface area contributed by atoms with E-state index in [0.717, 1.165) is 0 Å². The first-order valence-corrected chi connectivity index (χ1v) is 8.61. The maximum Gasteiger partial charge on any atom is 0.349 e. The zero-order valence-corrected chi connectivity index (χ0v) is 15.3. The number of methoxy groups -OCH3 is 1. The van der Waals surface area contributed by atoms with E-state index in [9.17, 15) is 9.59 Å². The Balaban J connectivity index is 1.53. The Morgan fingerprint density at radius 1 is 1.03 bits per heavy atom. The number of hydrogen-bond acceptors (Lipinski definition) is 7. The van der Waals surface area contributed by atoms with Crippen LogP contribution < -0.4 is 20.4 Å². The molecule has 29 heavy (non-hydrogen) atoms. The molecule has 0 spiro atoms. The van der Waals surface area contributed by atoms with Gasteiger partial charge in [-0.1, -0.05) is 30.3 Å². The number of amides is 1. The van der Waals surface area contributed by atoms with Gasteiger partial charge in [0.15, 0.2) is 11.3 Å². The lowest BCUT2D eigenvalue weighted by molar-refractivity contribution is 0.102. The van der Waals surface area contributed by atoms with Gasteiger partial charge in [-0.15, -0.1) is 0 Å². The lowest BCUT2D eigenvalue weighted by atomic mass is 10.1. The molecule has 2 aromatic carbocycles. The number of nitrogens with zero attached hydrogens (tertiary/aromatic N) is 2. The first-order chi connectivity index (χ1) is 14.1. The highest BCUT2D eigenvalue weighted by molar-refractivity contribution is 6.05. The number of ether oxygens (including phenoxy) is 2. The van der Waals surface area contributed by atoms with E-state index in [1.54, 1.807) is 30.3 Å². The average molecular weight is 389 g/mol. The molecule has 0 aliphatic carbocycles. The predicted molar refractivity (Wildman–Crippen MR) is 106 cm³/mol. The molecule has 0 saturated carbocycles. The molecule has 0 atom stereocenters. The minimum absolute atomic E-state index is 0.131. The van der Waals surface area contributed by atoms with Crippen molar-refractivity contribution in [2.45, 2.75) is 0 Å². The Hall–Kier alpha value is -4.20. The summed E-state index contributed by atoms with van der Waals surface area (Å²) in [6, 6.07) is 15.8. The van der Waals surface area contributed by atoms with Gasteiger partial charge in [-0.25, -0.2) is 14.8 Å². The van der Waals surface area contributed by atoms with Crippen LogP contribution in [0.1, 0.15) is 10.4 Å². The molecular formula is C21H15N3O5. The molecule has 0 fully saturated rings. The number of nitrogens with one attached hydrogen (secondary N) is 1. The fourth-order valence-electron chi connectivity index (χ4n) is 2.66. The Kier molecular flexibility index (Phi) is 4.90. The maximum absolute atomic E-state index is 12.5. The summed E-state index contributed by atoms with van der Waals surface area (Å²) < 4.78 is 15.9. The molecule has 4 rings (SSSR count). The molecule has 1 amide bonds. The van der Waals surface area contributed by atoms with Crippen LogP contribution in [0.25, 0.3) is 11.0 Å². The van der Waals surface area contributed by atoms with E-state index in [-0.39, 0.29) is 17.2 Å². The van der Waals surface area contributed by atoms with Crippen LogP contribution in [-0.4, -0.2) is 23.0 Å². The van der Waals surface area contributed by atoms with Gasteiger partial charge in [0.2, 0.25) is 0 Å². The smallest absolute Gasteiger partial charge is 0.349 e. The molecule has 4 aromatic rings. The first kappa shape index (κ1) is 18.2. The van der Waals surface area contributed by atoms with Crippen LogP contribution in [0.2, 0.25) is 0 Å². The van der Waals surface area contributed by atoms with Crippen LogP contribution in [0, 0.1) is 0 Å². The second kappa shape index (κ2) is 7.81. The Labute approximate surface area is 164 Å². The zero-order chi connectivity index (χ0) is 20.2. The van der Waals surface area contributed by atoms with Crippen LogP contribution in [0.15, 0.2) is 76.2 Å². The minimum atomic E-state index is -0.774. The van der Waals surface area contributed by atoms with Crippen molar-refractivity contribution in [3.05, 3.63) is 83.0 Å². The monoisotopic (exact) mass is 389 g/mol. The summed E-state index contributed by atoms with van der Waals surface area (Å²) in [5.74, 6) is 0.367. The summed E-state index contributed by atoms with van der Waals surface area (Å²) in [5, 5.41) is 3.14. The molecule has 0 radical (unpaired) electrons. The molecule has 8 nitrogen and oxygen atoms in total. The van der Waals surface area contributed by atoms with Crippen molar-refractivity contribution in [3.8, 4) is 17.5 Å². The van der Waals surface area contributed by atoms with E-state index in [1.165, 1.54) is 25.6 Å². The summed E-state index contributed by atoms with van der Waals surface area (Å²) >= 11 is 0. The van der Waals surface area contributed by atoms with Crippen molar-refractivity contribution < 1.29 is 18.7 Å². The van der Waals surface area contributed by atoms with Gasteiger partial charge in [0, 0.05) is 5.39 Å². The predicted octanol–water partition coefficient (Wildman–Crippen LogP) is 3.64. The number of aromatic nitrogens is 2. The molecule has 2 aromatic heterocycles. The van der Waals surface area contributed by atoms with Crippen molar-refractivity contribution in [1.29, 1.82) is 0 Å². The zero-order valence-electron chi connectivity index (χ0n) is 15.3. The average Bonchev–Trinajstić information content (AvgIpc) is 2.75. The lowest BCUT2D eigenvalue weighted by Gasteiger charge is -2.07. The second-order valence-electron chi connectivity index (χ2n) is 5.95. The van der Waals surface area contributed by atoms with Crippen LogP contribution in [-0.2, 0) is 0 Å². The number of carbonyl (C=O) groups excluding carboxylic acids is 1. The SMILES string of the molecule is COc1cccc2cc(C(=O)Nc3cnc(Oc4ccccc4)nc3)c(=O)oc12. The van der Waals surface area contributed by atoms with E-state index >= 15 is 0 Å². The van der Waals surface area contributed by atoms with Gasteiger partial charge in [-0.2, -0.15) is 0 Å². The maximum atomic E-state index is 12.5. The van der Waals surface area contributed by atoms with Gasteiger partial charge >= 0.3 is 11.6 Å². The Bertz CT molecular complexity index is 1220. The van der Waals surface area contributed by atoms with Gasteiger partial charge in [-0.05, 0) is 24.3 Å². The number of fused-ring (bicyclic) bond motifs is 1. The van der Waals surface area contributed by atoms with E-state index in [4.69, 9.17) is 13.9 Å². The topological polar surface area (TPSA) is 104 Å². The highest BCUT2D eigenvalue weighted by Crippen LogP contribution is 2.24. The molecule has 8 heteroatoms. The third-order valence-electron chi connectivity index (χ3n) is 4.03. The van der Waals surface area contributed by atoms with Crippen LogP contribution in [0.4, 0.5) is 5.69 Å². The van der Waals surface area contributed by atoms with Gasteiger partial charge in [-0.3, -0.25) is 4.79 Å². The van der Waals surface area contributed by atoms with Gasteiger partial charge in [0.1, 0.15) is 11.3 Å². The van der Waals surface area contributed by atoms with E-state index in [2.05, 4.69) is 15.3 Å². The Morgan fingerprint density at radius 3 is 2.52 bits per heavy atom. The van der Waals surface area contributed by atoms with Crippen LogP contribution in [0.5, 0.6) is 17.5 Å². The molecule has 0 bridgehead atoms. The number of anilines is 1. The number of rotatable bonds is 5. The molecule has 144 valence electrons. The molecule has 2 heterocycles. The highest BCUT2D eigenvalue weighted by Gasteiger charge is 2.16. The normalized spacial score (nSPS) is 10.5. The van der Waals surface area contributed by atoms with E-state index in [1.807, 2.05) is 18.2 Å². The van der Waals surface area contributed by atoms with Crippen molar-refractivity contribution in [1.82, 2.24) is 9.97 Å². The van der Waals surface area contributed by atoms with Crippen LogP contribution >= 0.6 is 0 Å².